The van der Waals surface area contributed by atoms with Crippen molar-refractivity contribution in [1.29, 1.82) is 0 Å². The zero-order valence-electron chi connectivity index (χ0n) is 15.7. The first-order valence-corrected chi connectivity index (χ1v) is 9.39. The predicted octanol–water partition coefficient (Wildman–Crippen LogP) is 4.87. The number of hydrogen-bond acceptors (Lipinski definition) is 6. The Morgan fingerprint density at radius 3 is 2.41 bits per heavy atom. The van der Waals surface area contributed by atoms with Gasteiger partial charge in [0.2, 0.25) is 5.82 Å². The van der Waals surface area contributed by atoms with Crippen LogP contribution in [0.2, 0.25) is 5.02 Å². The Morgan fingerprint density at radius 2 is 1.72 bits per heavy atom. The van der Waals surface area contributed by atoms with Crippen molar-refractivity contribution < 1.29 is 4.74 Å². The van der Waals surface area contributed by atoms with Gasteiger partial charge in [0.1, 0.15) is 17.1 Å². The SMILES string of the molecule is COc1ccc(-c2nnc(-c3ccccn3)nc2NCc2ccc(Cl)cc2)cc1. The molecule has 0 aliphatic heterocycles. The Bertz CT molecular complexity index is 1090. The van der Waals surface area contributed by atoms with E-state index in [0.29, 0.717) is 34.6 Å². The van der Waals surface area contributed by atoms with Crippen molar-refractivity contribution in [3.63, 3.8) is 0 Å². The molecule has 0 aliphatic rings. The van der Waals surface area contributed by atoms with Crippen LogP contribution in [0.1, 0.15) is 5.56 Å². The van der Waals surface area contributed by atoms with Crippen LogP contribution >= 0.6 is 11.6 Å². The highest BCUT2D eigenvalue weighted by molar-refractivity contribution is 6.30. The third-order valence-corrected chi connectivity index (χ3v) is 4.57. The van der Waals surface area contributed by atoms with Gasteiger partial charge in [-0.2, -0.15) is 0 Å². The van der Waals surface area contributed by atoms with E-state index in [0.717, 1.165) is 16.9 Å². The molecule has 0 bridgehead atoms. The second-order valence-electron chi connectivity index (χ2n) is 6.26. The summed E-state index contributed by atoms with van der Waals surface area (Å²) in [6, 6.07) is 20.9. The second-order valence-corrected chi connectivity index (χ2v) is 6.69. The van der Waals surface area contributed by atoms with Crippen molar-refractivity contribution >= 4 is 17.4 Å². The maximum Gasteiger partial charge on any atom is 0.202 e. The summed E-state index contributed by atoms with van der Waals surface area (Å²) >= 11 is 5.98. The van der Waals surface area contributed by atoms with Crippen LogP contribution in [0.5, 0.6) is 5.75 Å². The molecule has 4 aromatic rings. The van der Waals surface area contributed by atoms with E-state index in [2.05, 4.69) is 20.5 Å². The molecule has 0 saturated carbocycles. The summed E-state index contributed by atoms with van der Waals surface area (Å²) in [5, 5.41) is 12.8. The number of hydrogen-bond donors (Lipinski definition) is 1. The van der Waals surface area contributed by atoms with Crippen LogP contribution in [0.25, 0.3) is 22.8 Å². The van der Waals surface area contributed by atoms with E-state index in [4.69, 9.17) is 21.3 Å². The van der Waals surface area contributed by atoms with E-state index in [1.165, 1.54) is 0 Å². The maximum atomic E-state index is 5.98. The molecule has 144 valence electrons. The normalized spacial score (nSPS) is 10.6. The molecule has 2 heterocycles. The van der Waals surface area contributed by atoms with Gasteiger partial charge < -0.3 is 10.1 Å². The van der Waals surface area contributed by atoms with Crippen LogP contribution in [0.15, 0.2) is 72.9 Å². The number of rotatable bonds is 6. The molecule has 0 radical (unpaired) electrons. The van der Waals surface area contributed by atoms with Crippen molar-refractivity contribution in [2.75, 3.05) is 12.4 Å². The molecule has 0 saturated heterocycles. The summed E-state index contributed by atoms with van der Waals surface area (Å²) in [7, 11) is 1.64. The molecule has 1 N–H and O–H groups in total. The summed E-state index contributed by atoms with van der Waals surface area (Å²) in [5.41, 5.74) is 3.28. The first-order valence-electron chi connectivity index (χ1n) is 9.02. The summed E-state index contributed by atoms with van der Waals surface area (Å²) in [5.74, 6) is 1.86. The van der Waals surface area contributed by atoms with Gasteiger partial charge in [-0.1, -0.05) is 29.8 Å². The van der Waals surface area contributed by atoms with Gasteiger partial charge in [0, 0.05) is 23.3 Å². The van der Waals surface area contributed by atoms with Crippen molar-refractivity contribution in [3.8, 4) is 28.5 Å². The lowest BCUT2D eigenvalue weighted by atomic mass is 10.1. The van der Waals surface area contributed by atoms with Gasteiger partial charge in [-0.05, 0) is 54.1 Å². The van der Waals surface area contributed by atoms with Crippen LogP contribution in [0.3, 0.4) is 0 Å². The van der Waals surface area contributed by atoms with Crippen LogP contribution in [-0.2, 0) is 6.54 Å². The molecule has 2 aromatic carbocycles. The van der Waals surface area contributed by atoms with Gasteiger partial charge >= 0.3 is 0 Å². The minimum absolute atomic E-state index is 0.460. The van der Waals surface area contributed by atoms with Gasteiger partial charge in [0.25, 0.3) is 0 Å². The standard InChI is InChI=1S/C22H18ClN5O/c1-29-18-11-7-16(8-12-18)20-22(25-14-15-5-9-17(23)10-6-15)26-21(28-27-20)19-4-2-3-13-24-19/h2-13H,14H2,1H3,(H,25,26,28). The first-order chi connectivity index (χ1) is 14.2. The average molecular weight is 404 g/mol. The quantitative estimate of drug-likeness (QED) is 0.495. The Kier molecular flexibility index (Phi) is 5.63. The highest BCUT2D eigenvalue weighted by Gasteiger charge is 2.13. The lowest BCUT2D eigenvalue weighted by molar-refractivity contribution is 0.415. The molecule has 7 heteroatoms. The molecule has 0 amide bonds. The summed E-state index contributed by atoms with van der Waals surface area (Å²) in [4.78, 5) is 9.01. The van der Waals surface area contributed by atoms with Gasteiger partial charge in [-0.25, -0.2) is 4.98 Å². The predicted molar refractivity (Wildman–Crippen MR) is 114 cm³/mol. The van der Waals surface area contributed by atoms with E-state index in [9.17, 15) is 0 Å². The fourth-order valence-electron chi connectivity index (χ4n) is 2.78. The zero-order chi connectivity index (χ0) is 20.1. The molecule has 0 fully saturated rings. The van der Waals surface area contributed by atoms with Crippen molar-refractivity contribution in [3.05, 3.63) is 83.5 Å². The molecule has 2 aromatic heterocycles. The largest absolute Gasteiger partial charge is 0.497 e. The van der Waals surface area contributed by atoms with Crippen molar-refractivity contribution in [2.45, 2.75) is 6.54 Å². The molecule has 0 spiro atoms. The van der Waals surface area contributed by atoms with E-state index in [-0.39, 0.29) is 0 Å². The van der Waals surface area contributed by atoms with E-state index in [1.807, 2.05) is 66.7 Å². The Morgan fingerprint density at radius 1 is 0.931 bits per heavy atom. The van der Waals surface area contributed by atoms with Crippen LogP contribution in [0.4, 0.5) is 5.82 Å². The van der Waals surface area contributed by atoms with Gasteiger partial charge in [-0.3, -0.25) is 4.98 Å². The number of methoxy groups -OCH3 is 1. The Labute approximate surface area is 173 Å². The van der Waals surface area contributed by atoms with Crippen molar-refractivity contribution in [2.24, 2.45) is 0 Å². The van der Waals surface area contributed by atoms with E-state index < -0.39 is 0 Å². The van der Waals surface area contributed by atoms with Gasteiger partial charge in [0.05, 0.1) is 7.11 Å². The third-order valence-electron chi connectivity index (χ3n) is 4.32. The molecule has 4 rings (SSSR count). The third kappa shape index (κ3) is 4.50. The summed E-state index contributed by atoms with van der Waals surface area (Å²) < 4.78 is 5.24. The number of aromatic nitrogens is 4. The fraction of sp³-hybridized carbons (Fsp3) is 0.0909. The lowest BCUT2D eigenvalue weighted by Crippen LogP contribution is -2.07. The maximum absolute atomic E-state index is 5.98. The fourth-order valence-corrected chi connectivity index (χ4v) is 2.91. The molecular weight excluding hydrogens is 386 g/mol. The first kappa shape index (κ1) is 18.8. The number of nitrogens with one attached hydrogen (secondary N) is 1. The number of benzene rings is 2. The second kappa shape index (κ2) is 8.67. The summed E-state index contributed by atoms with van der Waals surface area (Å²) in [6.07, 6.45) is 1.71. The van der Waals surface area contributed by atoms with Crippen LogP contribution in [-0.4, -0.2) is 27.3 Å². The van der Waals surface area contributed by atoms with Crippen molar-refractivity contribution in [1.82, 2.24) is 20.2 Å². The topological polar surface area (TPSA) is 72.8 Å². The molecular formula is C22H18ClN5O. The van der Waals surface area contributed by atoms with Gasteiger partial charge in [-0.15, -0.1) is 10.2 Å². The lowest BCUT2D eigenvalue weighted by Gasteiger charge is -2.12. The number of nitrogens with zero attached hydrogens (tertiary/aromatic N) is 4. The summed E-state index contributed by atoms with van der Waals surface area (Å²) in [6.45, 7) is 0.570. The van der Waals surface area contributed by atoms with Crippen LogP contribution in [0, 0.1) is 0 Å². The number of ether oxygens (including phenoxy) is 1. The zero-order valence-corrected chi connectivity index (χ0v) is 16.5. The molecule has 0 unspecified atom stereocenters. The highest BCUT2D eigenvalue weighted by atomic mass is 35.5. The number of anilines is 1. The monoisotopic (exact) mass is 403 g/mol. The number of halogens is 1. The minimum Gasteiger partial charge on any atom is -0.497 e. The average Bonchev–Trinajstić information content (AvgIpc) is 2.79. The Balaban J connectivity index is 1.69. The highest BCUT2D eigenvalue weighted by Crippen LogP contribution is 2.27. The molecule has 0 aliphatic carbocycles. The van der Waals surface area contributed by atoms with E-state index in [1.54, 1.807) is 13.3 Å². The van der Waals surface area contributed by atoms with E-state index >= 15 is 0 Å². The van der Waals surface area contributed by atoms with Crippen LogP contribution < -0.4 is 10.1 Å². The Hall–Kier alpha value is -3.51. The molecule has 6 nitrogen and oxygen atoms in total. The number of pyridine rings is 1. The minimum atomic E-state index is 0.460. The molecule has 29 heavy (non-hydrogen) atoms. The smallest absolute Gasteiger partial charge is 0.202 e. The van der Waals surface area contributed by atoms with Gasteiger partial charge in [0.15, 0.2) is 5.82 Å². The molecule has 0 atom stereocenters.